The lowest BCUT2D eigenvalue weighted by atomic mass is 9.96. The highest BCUT2D eigenvalue weighted by Gasteiger charge is 2.39. The zero-order valence-electron chi connectivity index (χ0n) is 17.3. The van der Waals surface area contributed by atoms with Gasteiger partial charge in [-0.25, -0.2) is 13.2 Å². The van der Waals surface area contributed by atoms with E-state index in [1.807, 2.05) is 0 Å². The number of ether oxygens (including phenoxy) is 1. The van der Waals surface area contributed by atoms with Gasteiger partial charge in [-0.15, -0.1) is 0 Å². The van der Waals surface area contributed by atoms with Crippen LogP contribution < -0.4 is 10.0 Å². The largest absolute Gasteiger partial charge is 0.480 e. The van der Waals surface area contributed by atoms with Crippen LogP contribution in [-0.4, -0.2) is 48.2 Å². The fourth-order valence-corrected chi connectivity index (χ4v) is 4.06. The molecule has 30 heavy (non-hydrogen) atoms. The molecule has 1 amide bonds. The van der Waals surface area contributed by atoms with E-state index in [-0.39, 0.29) is 19.4 Å². The molecule has 1 rings (SSSR count). The van der Waals surface area contributed by atoms with Crippen molar-refractivity contribution < 1.29 is 32.8 Å². The number of nitro benzene ring substituents is 1. The summed E-state index contributed by atoms with van der Waals surface area (Å²) in [6.45, 7) is 6.54. The number of carboxylic acids is 1. The van der Waals surface area contributed by atoms with Crippen LogP contribution in [0.25, 0.3) is 0 Å². The van der Waals surface area contributed by atoms with Crippen LogP contribution in [0.5, 0.6) is 0 Å². The van der Waals surface area contributed by atoms with Crippen molar-refractivity contribution in [2.45, 2.75) is 63.0 Å². The predicted molar refractivity (Wildman–Crippen MR) is 108 cm³/mol. The second kappa shape index (κ2) is 9.85. The van der Waals surface area contributed by atoms with Gasteiger partial charge in [0.05, 0.1) is 4.92 Å². The van der Waals surface area contributed by atoms with Gasteiger partial charge in [0.25, 0.3) is 5.69 Å². The molecular weight excluding hydrogens is 418 g/mol. The SMILES string of the molecule is CC(C)(C)OC(=O)NCCCC[C@](C)(NS(=O)(=O)c1ccccc1[N+](=O)[O-])C(=O)O. The number of para-hydroxylation sites is 1. The average molecular weight is 445 g/mol. The number of sulfonamides is 1. The van der Waals surface area contributed by atoms with Gasteiger partial charge in [0, 0.05) is 12.6 Å². The van der Waals surface area contributed by atoms with Crippen molar-refractivity contribution in [2.24, 2.45) is 0 Å². The number of alkyl carbamates (subject to hydrolysis) is 1. The first-order valence-electron chi connectivity index (χ1n) is 9.15. The van der Waals surface area contributed by atoms with Gasteiger partial charge in [0.2, 0.25) is 10.0 Å². The number of hydrogen-bond donors (Lipinski definition) is 3. The van der Waals surface area contributed by atoms with Crippen LogP contribution >= 0.6 is 0 Å². The number of carboxylic acid groups (broad SMARTS) is 1. The van der Waals surface area contributed by atoms with E-state index in [0.717, 1.165) is 12.1 Å². The van der Waals surface area contributed by atoms with E-state index in [0.29, 0.717) is 6.42 Å². The number of nitrogens with zero attached hydrogens (tertiary/aromatic N) is 1. The summed E-state index contributed by atoms with van der Waals surface area (Å²) in [5.41, 5.74) is -3.20. The number of rotatable bonds is 10. The molecule has 0 aliphatic carbocycles. The van der Waals surface area contributed by atoms with Gasteiger partial charge in [0.1, 0.15) is 11.1 Å². The Hall–Kier alpha value is -2.73. The Balaban J connectivity index is 2.78. The summed E-state index contributed by atoms with van der Waals surface area (Å²) >= 11 is 0. The Kier molecular flexibility index (Phi) is 8.31. The summed E-state index contributed by atoms with van der Waals surface area (Å²) in [4.78, 5) is 32.9. The highest BCUT2D eigenvalue weighted by Crippen LogP contribution is 2.25. The topological polar surface area (TPSA) is 165 Å². The Morgan fingerprint density at radius 2 is 1.77 bits per heavy atom. The molecule has 1 aromatic carbocycles. The summed E-state index contributed by atoms with van der Waals surface area (Å²) in [7, 11) is -4.48. The highest BCUT2D eigenvalue weighted by atomic mass is 32.2. The molecule has 0 bridgehead atoms. The lowest BCUT2D eigenvalue weighted by Gasteiger charge is -2.26. The Bertz CT molecular complexity index is 895. The fraction of sp³-hybridized carbons (Fsp3) is 0.556. The minimum absolute atomic E-state index is 0.0990. The first kappa shape index (κ1) is 25.3. The van der Waals surface area contributed by atoms with Crippen molar-refractivity contribution >= 4 is 27.8 Å². The van der Waals surface area contributed by atoms with Crippen LogP contribution in [0.1, 0.15) is 47.0 Å². The molecule has 11 nitrogen and oxygen atoms in total. The van der Waals surface area contributed by atoms with E-state index in [1.54, 1.807) is 20.8 Å². The molecule has 0 fully saturated rings. The predicted octanol–water partition coefficient (Wildman–Crippen LogP) is 2.41. The minimum Gasteiger partial charge on any atom is -0.480 e. The maximum atomic E-state index is 12.6. The standard InChI is InChI=1S/C18H27N3O8S/c1-17(2,3)29-16(24)19-12-8-7-11-18(4,15(22)23)20-30(27,28)14-10-6-5-9-13(14)21(25)26/h5-6,9-10,20H,7-8,11-12H2,1-4H3,(H,19,24)(H,22,23)/t18-/m0/s1. The third-order valence-electron chi connectivity index (χ3n) is 3.95. The Labute approximate surface area is 175 Å². The number of nitrogens with one attached hydrogen (secondary N) is 2. The van der Waals surface area contributed by atoms with Crippen LogP contribution in [0.15, 0.2) is 29.2 Å². The fourth-order valence-electron chi connectivity index (χ4n) is 2.50. The maximum absolute atomic E-state index is 12.6. The van der Waals surface area contributed by atoms with E-state index in [9.17, 15) is 33.2 Å². The van der Waals surface area contributed by atoms with Gasteiger partial charge in [0.15, 0.2) is 4.90 Å². The van der Waals surface area contributed by atoms with Gasteiger partial charge < -0.3 is 15.2 Å². The van der Waals surface area contributed by atoms with E-state index < -0.39 is 48.7 Å². The molecule has 0 unspecified atom stereocenters. The summed E-state index contributed by atoms with van der Waals surface area (Å²) in [5.74, 6) is -1.43. The molecule has 3 N–H and O–H groups in total. The first-order chi connectivity index (χ1) is 13.7. The molecular formula is C18H27N3O8S. The molecule has 1 aromatic rings. The number of carbonyl (C=O) groups excluding carboxylic acids is 1. The van der Waals surface area contributed by atoms with E-state index >= 15 is 0 Å². The third-order valence-corrected chi connectivity index (χ3v) is 5.60. The zero-order chi connectivity index (χ0) is 23.2. The number of amides is 1. The summed E-state index contributed by atoms with van der Waals surface area (Å²) in [6, 6.07) is 4.68. The third kappa shape index (κ3) is 7.59. The average Bonchev–Trinajstić information content (AvgIpc) is 2.59. The number of benzene rings is 1. The molecule has 12 heteroatoms. The van der Waals surface area contributed by atoms with E-state index in [4.69, 9.17) is 4.74 Å². The van der Waals surface area contributed by atoms with Gasteiger partial charge in [-0.2, -0.15) is 4.72 Å². The number of unbranched alkanes of at least 4 members (excludes halogenated alkanes) is 1. The Morgan fingerprint density at radius 1 is 1.17 bits per heavy atom. The molecule has 0 aromatic heterocycles. The lowest BCUT2D eigenvalue weighted by Crippen LogP contribution is -2.52. The quantitative estimate of drug-likeness (QED) is 0.280. The highest BCUT2D eigenvalue weighted by molar-refractivity contribution is 7.89. The summed E-state index contributed by atoms with van der Waals surface area (Å²) in [6.07, 6.45) is -0.0773. The summed E-state index contributed by atoms with van der Waals surface area (Å²) < 4.78 is 32.4. The van der Waals surface area contributed by atoms with Crippen molar-refractivity contribution in [3.8, 4) is 0 Å². The van der Waals surface area contributed by atoms with Gasteiger partial charge in [-0.3, -0.25) is 14.9 Å². The second-order valence-electron chi connectivity index (χ2n) is 7.85. The van der Waals surface area contributed by atoms with Crippen LogP contribution in [0, 0.1) is 10.1 Å². The van der Waals surface area contributed by atoms with E-state index in [1.165, 1.54) is 19.1 Å². The number of carbonyl (C=O) groups is 2. The molecule has 0 aliphatic heterocycles. The molecule has 0 saturated heterocycles. The molecule has 168 valence electrons. The normalized spacial score (nSPS) is 13.9. The zero-order valence-corrected chi connectivity index (χ0v) is 18.1. The number of aliphatic carboxylic acids is 1. The number of hydrogen-bond acceptors (Lipinski definition) is 7. The molecule has 0 aliphatic rings. The van der Waals surface area contributed by atoms with Crippen molar-refractivity contribution in [1.82, 2.24) is 10.0 Å². The van der Waals surface area contributed by atoms with Gasteiger partial charge in [-0.1, -0.05) is 12.1 Å². The molecule has 1 atom stereocenters. The maximum Gasteiger partial charge on any atom is 0.407 e. The van der Waals surface area contributed by atoms with Crippen molar-refractivity contribution in [3.05, 3.63) is 34.4 Å². The van der Waals surface area contributed by atoms with Crippen LogP contribution in [0.2, 0.25) is 0 Å². The molecule has 0 heterocycles. The molecule has 0 radical (unpaired) electrons. The molecule has 0 spiro atoms. The lowest BCUT2D eigenvalue weighted by molar-refractivity contribution is -0.387. The van der Waals surface area contributed by atoms with Crippen LogP contribution in [-0.2, 0) is 19.6 Å². The van der Waals surface area contributed by atoms with Crippen molar-refractivity contribution in [3.63, 3.8) is 0 Å². The van der Waals surface area contributed by atoms with Gasteiger partial charge in [-0.05, 0) is 53.0 Å². The van der Waals surface area contributed by atoms with Gasteiger partial charge >= 0.3 is 12.1 Å². The molecule has 0 saturated carbocycles. The smallest absolute Gasteiger partial charge is 0.407 e. The summed E-state index contributed by atoms with van der Waals surface area (Å²) in [5, 5.41) is 23.2. The van der Waals surface area contributed by atoms with E-state index in [2.05, 4.69) is 10.0 Å². The second-order valence-corrected chi connectivity index (χ2v) is 9.50. The monoisotopic (exact) mass is 445 g/mol. The van der Waals surface area contributed by atoms with Crippen molar-refractivity contribution in [2.75, 3.05) is 6.54 Å². The minimum atomic E-state index is -4.48. The number of nitro groups is 1. The Morgan fingerprint density at radius 3 is 2.30 bits per heavy atom. The van der Waals surface area contributed by atoms with Crippen LogP contribution in [0.3, 0.4) is 0 Å². The van der Waals surface area contributed by atoms with Crippen molar-refractivity contribution in [1.29, 1.82) is 0 Å². The first-order valence-corrected chi connectivity index (χ1v) is 10.6. The van der Waals surface area contributed by atoms with Crippen LogP contribution in [0.4, 0.5) is 10.5 Å².